The van der Waals surface area contributed by atoms with Crippen LogP contribution in [0.4, 0.5) is 0 Å². The second-order valence-corrected chi connectivity index (χ2v) is 10.8. The van der Waals surface area contributed by atoms with E-state index in [2.05, 4.69) is 37.5 Å². The number of hydrogen-bond acceptors (Lipinski definition) is 6. The SMILES string of the molecule is CC(C)OCC12CCCN1C(C(O)CO[C@H]1CN3CCC[C@]3(COC(C)C)C1)CC2. The molecule has 0 aromatic rings. The summed E-state index contributed by atoms with van der Waals surface area (Å²) in [7, 11) is 0. The lowest BCUT2D eigenvalue weighted by Gasteiger charge is -2.37. The Hall–Kier alpha value is -0.240. The molecule has 3 unspecified atom stereocenters. The Morgan fingerprint density at radius 3 is 2.33 bits per heavy atom. The van der Waals surface area contributed by atoms with Crippen molar-refractivity contribution in [3.05, 3.63) is 0 Å². The van der Waals surface area contributed by atoms with Crippen molar-refractivity contribution in [1.82, 2.24) is 9.80 Å². The molecule has 30 heavy (non-hydrogen) atoms. The topological polar surface area (TPSA) is 54.4 Å². The Morgan fingerprint density at radius 2 is 1.60 bits per heavy atom. The van der Waals surface area contributed by atoms with Crippen molar-refractivity contribution in [3.8, 4) is 0 Å². The molecular weight excluding hydrogens is 380 g/mol. The van der Waals surface area contributed by atoms with E-state index in [4.69, 9.17) is 14.2 Å². The maximum Gasteiger partial charge on any atom is 0.0928 e. The molecule has 4 rings (SSSR count). The minimum absolute atomic E-state index is 0.143. The summed E-state index contributed by atoms with van der Waals surface area (Å²) < 4.78 is 18.4. The van der Waals surface area contributed by atoms with Gasteiger partial charge in [0.05, 0.1) is 44.2 Å². The van der Waals surface area contributed by atoms with Gasteiger partial charge in [-0.15, -0.1) is 0 Å². The highest BCUT2D eigenvalue weighted by atomic mass is 16.5. The molecule has 0 bridgehead atoms. The molecule has 5 atom stereocenters. The summed E-state index contributed by atoms with van der Waals surface area (Å²) in [6.45, 7) is 13.7. The monoisotopic (exact) mass is 424 g/mol. The van der Waals surface area contributed by atoms with Crippen LogP contribution >= 0.6 is 0 Å². The summed E-state index contributed by atoms with van der Waals surface area (Å²) in [5.41, 5.74) is 0.301. The van der Waals surface area contributed by atoms with Gasteiger partial charge in [-0.3, -0.25) is 9.80 Å². The molecule has 4 aliphatic rings. The van der Waals surface area contributed by atoms with Crippen molar-refractivity contribution in [2.45, 2.75) is 114 Å². The third-order valence-corrected chi connectivity index (χ3v) is 8.05. The number of fused-ring (bicyclic) bond motifs is 2. The van der Waals surface area contributed by atoms with Gasteiger partial charge in [-0.1, -0.05) is 0 Å². The first-order valence-corrected chi connectivity index (χ1v) is 12.4. The molecular formula is C24H44N2O4. The Balaban J connectivity index is 1.29. The van der Waals surface area contributed by atoms with Gasteiger partial charge in [0.2, 0.25) is 0 Å². The van der Waals surface area contributed by atoms with Gasteiger partial charge >= 0.3 is 0 Å². The van der Waals surface area contributed by atoms with E-state index in [0.717, 1.165) is 52.1 Å². The van der Waals surface area contributed by atoms with Gasteiger partial charge < -0.3 is 19.3 Å². The number of aliphatic hydroxyl groups is 1. The molecule has 0 radical (unpaired) electrons. The summed E-state index contributed by atoms with van der Waals surface area (Å²) in [6.07, 6.45) is 8.42. The molecule has 0 saturated carbocycles. The zero-order chi connectivity index (χ0) is 21.4. The molecule has 1 N–H and O–H groups in total. The summed E-state index contributed by atoms with van der Waals surface area (Å²) in [4.78, 5) is 5.13. The van der Waals surface area contributed by atoms with E-state index in [1.165, 1.54) is 25.7 Å². The number of ether oxygens (including phenoxy) is 3. The lowest BCUT2D eigenvalue weighted by atomic mass is 9.94. The van der Waals surface area contributed by atoms with Crippen LogP contribution < -0.4 is 0 Å². The Labute approximate surface area is 183 Å². The predicted octanol–water partition coefficient (Wildman–Crippen LogP) is 2.82. The fourth-order valence-corrected chi connectivity index (χ4v) is 6.51. The standard InChI is InChI=1S/C24H44N2O4/c1-18(2)29-16-23-8-6-12-26(23)21(7-10-23)22(27)15-28-20-13-24(17-30-19(3)4)9-5-11-25(24)14-20/h18-22,27H,5-17H2,1-4H3/t20-,21?,22?,23?,24-/m1/s1. The second-order valence-electron chi connectivity index (χ2n) is 10.8. The van der Waals surface area contributed by atoms with Crippen LogP contribution in [0.25, 0.3) is 0 Å². The van der Waals surface area contributed by atoms with E-state index in [1.54, 1.807) is 0 Å². The molecule has 0 aliphatic carbocycles. The van der Waals surface area contributed by atoms with Gasteiger partial charge in [0, 0.05) is 23.7 Å². The summed E-state index contributed by atoms with van der Waals surface area (Å²) in [5, 5.41) is 11.0. The normalized spacial score (nSPS) is 38.1. The maximum atomic E-state index is 11.0. The molecule has 174 valence electrons. The third-order valence-electron chi connectivity index (χ3n) is 8.05. The van der Waals surface area contributed by atoms with Crippen LogP contribution in [0.5, 0.6) is 0 Å². The first-order chi connectivity index (χ1) is 14.3. The van der Waals surface area contributed by atoms with Crippen molar-refractivity contribution in [2.75, 3.05) is 39.5 Å². The Kier molecular flexibility index (Phi) is 7.13. The van der Waals surface area contributed by atoms with E-state index in [9.17, 15) is 5.11 Å². The zero-order valence-electron chi connectivity index (χ0n) is 19.6. The zero-order valence-corrected chi connectivity index (χ0v) is 19.6. The lowest BCUT2D eigenvalue weighted by Crippen LogP contribution is -2.50. The molecule has 0 aromatic heterocycles. The van der Waals surface area contributed by atoms with Crippen molar-refractivity contribution in [2.24, 2.45) is 0 Å². The quantitative estimate of drug-likeness (QED) is 0.582. The van der Waals surface area contributed by atoms with Gasteiger partial charge in [0.15, 0.2) is 0 Å². The Morgan fingerprint density at radius 1 is 0.933 bits per heavy atom. The van der Waals surface area contributed by atoms with E-state index in [0.29, 0.717) is 6.61 Å². The molecule has 0 spiro atoms. The number of nitrogens with zero attached hydrogens (tertiary/aromatic N) is 2. The summed E-state index contributed by atoms with van der Waals surface area (Å²) in [5.74, 6) is 0. The summed E-state index contributed by atoms with van der Waals surface area (Å²) in [6, 6.07) is 0.211. The molecule has 6 nitrogen and oxygen atoms in total. The van der Waals surface area contributed by atoms with Gasteiger partial charge in [-0.2, -0.15) is 0 Å². The maximum absolute atomic E-state index is 11.0. The molecule has 4 saturated heterocycles. The van der Waals surface area contributed by atoms with E-state index < -0.39 is 6.10 Å². The molecule has 4 heterocycles. The highest BCUT2D eigenvalue weighted by Crippen LogP contribution is 2.44. The van der Waals surface area contributed by atoms with Crippen LogP contribution in [0.2, 0.25) is 0 Å². The van der Waals surface area contributed by atoms with Crippen molar-refractivity contribution >= 4 is 0 Å². The largest absolute Gasteiger partial charge is 0.389 e. The van der Waals surface area contributed by atoms with Crippen molar-refractivity contribution in [3.63, 3.8) is 0 Å². The molecule has 0 aromatic carbocycles. The van der Waals surface area contributed by atoms with Gasteiger partial charge in [0.25, 0.3) is 0 Å². The first-order valence-electron chi connectivity index (χ1n) is 12.4. The molecule has 6 heteroatoms. The van der Waals surface area contributed by atoms with E-state index in [-0.39, 0.29) is 35.4 Å². The molecule has 0 amide bonds. The van der Waals surface area contributed by atoms with Crippen LogP contribution in [-0.4, -0.2) is 95.9 Å². The van der Waals surface area contributed by atoms with Gasteiger partial charge in [-0.05, 0) is 85.7 Å². The van der Waals surface area contributed by atoms with Crippen LogP contribution in [0.1, 0.15) is 72.6 Å². The van der Waals surface area contributed by atoms with E-state index >= 15 is 0 Å². The fraction of sp³-hybridized carbons (Fsp3) is 1.00. The molecule has 4 aliphatic heterocycles. The summed E-state index contributed by atoms with van der Waals surface area (Å²) >= 11 is 0. The first kappa shape index (κ1) is 22.9. The van der Waals surface area contributed by atoms with Crippen molar-refractivity contribution in [1.29, 1.82) is 0 Å². The van der Waals surface area contributed by atoms with Crippen molar-refractivity contribution < 1.29 is 19.3 Å². The van der Waals surface area contributed by atoms with Crippen LogP contribution in [0.3, 0.4) is 0 Å². The van der Waals surface area contributed by atoms with Crippen LogP contribution in [-0.2, 0) is 14.2 Å². The lowest BCUT2D eigenvalue weighted by molar-refractivity contribution is -0.0565. The Bertz CT molecular complexity index is 573. The number of rotatable bonds is 10. The minimum atomic E-state index is -0.415. The minimum Gasteiger partial charge on any atom is -0.389 e. The van der Waals surface area contributed by atoms with Crippen LogP contribution in [0.15, 0.2) is 0 Å². The number of hydrogen-bond donors (Lipinski definition) is 1. The average molecular weight is 425 g/mol. The fourth-order valence-electron chi connectivity index (χ4n) is 6.51. The highest BCUT2D eigenvalue weighted by molar-refractivity contribution is 5.07. The van der Waals surface area contributed by atoms with Gasteiger partial charge in [-0.25, -0.2) is 0 Å². The van der Waals surface area contributed by atoms with E-state index in [1.807, 2.05) is 0 Å². The molecule has 4 fully saturated rings. The number of aliphatic hydroxyl groups excluding tert-OH is 1. The predicted molar refractivity (Wildman–Crippen MR) is 118 cm³/mol. The smallest absolute Gasteiger partial charge is 0.0928 e. The van der Waals surface area contributed by atoms with Crippen LogP contribution in [0, 0.1) is 0 Å². The highest BCUT2D eigenvalue weighted by Gasteiger charge is 2.52. The second kappa shape index (κ2) is 9.32. The average Bonchev–Trinajstić information content (AvgIpc) is 3.41. The third kappa shape index (κ3) is 4.60. The van der Waals surface area contributed by atoms with Gasteiger partial charge in [0.1, 0.15) is 0 Å².